The van der Waals surface area contributed by atoms with Gasteiger partial charge in [-0.3, -0.25) is 4.99 Å². The third-order valence-electron chi connectivity index (χ3n) is 4.00. The fraction of sp³-hybridized carbons (Fsp3) is 0.650. The first kappa shape index (κ1) is 23.0. The Bertz CT molecular complexity index is 516. The summed E-state index contributed by atoms with van der Waals surface area (Å²) in [7, 11) is 1.79. The number of hydrogen-bond acceptors (Lipinski definition) is 3. The molecule has 0 heterocycles. The van der Waals surface area contributed by atoms with Crippen molar-refractivity contribution in [3.8, 4) is 5.75 Å². The van der Waals surface area contributed by atoms with Crippen molar-refractivity contribution >= 4 is 29.9 Å². The number of nitrogens with zero attached hydrogens (tertiary/aromatic N) is 1. The molecule has 0 bridgehead atoms. The van der Waals surface area contributed by atoms with Gasteiger partial charge < -0.3 is 20.1 Å². The van der Waals surface area contributed by atoms with Gasteiger partial charge in [-0.2, -0.15) is 0 Å². The molecule has 0 spiro atoms. The van der Waals surface area contributed by atoms with Gasteiger partial charge in [-0.25, -0.2) is 0 Å². The fourth-order valence-electron chi connectivity index (χ4n) is 2.29. The average Bonchev–Trinajstić information content (AvgIpc) is 3.44. The number of rotatable bonds is 11. The molecule has 1 fully saturated rings. The van der Waals surface area contributed by atoms with Crippen molar-refractivity contribution in [1.29, 1.82) is 0 Å². The first-order chi connectivity index (χ1) is 12.2. The van der Waals surface area contributed by atoms with Crippen LogP contribution in [0.3, 0.4) is 0 Å². The van der Waals surface area contributed by atoms with E-state index < -0.39 is 0 Å². The first-order valence-corrected chi connectivity index (χ1v) is 9.41. The highest BCUT2D eigenvalue weighted by Crippen LogP contribution is 2.28. The van der Waals surface area contributed by atoms with Gasteiger partial charge in [0.05, 0.1) is 6.61 Å². The molecule has 6 heteroatoms. The van der Waals surface area contributed by atoms with E-state index in [1.165, 1.54) is 18.4 Å². The van der Waals surface area contributed by atoms with Crippen LogP contribution in [0.2, 0.25) is 0 Å². The SMILES string of the molecule is CN=C(NCCCOCC1CC1)NCc1ccc(OCC(C)C)cc1.I. The lowest BCUT2D eigenvalue weighted by atomic mass is 10.2. The van der Waals surface area contributed by atoms with Crippen LogP contribution in [0.5, 0.6) is 5.75 Å². The predicted molar refractivity (Wildman–Crippen MR) is 119 cm³/mol. The summed E-state index contributed by atoms with van der Waals surface area (Å²) in [6, 6.07) is 8.21. The van der Waals surface area contributed by atoms with E-state index in [9.17, 15) is 0 Å². The summed E-state index contributed by atoms with van der Waals surface area (Å²) in [6.07, 6.45) is 3.69. The van der Waals surface area contributed by atoms with E-state index in [2.05, 4.69) is 41.6 Å². The minimum absolute atomic E-state index is 0. The topological polar surface area (TPSA) is 54.9 Å². The zero-order chi connectivity index (χ0) is 17.9. The number of ether oxygens (including phenoxy) is 2. The molecule has 0 saturated heterocycles. The fourth-order valence-corrected chi connectivity index (χ4v) is 2.29. The predicted octanol–water partition coefficient (Wildman–Crippen LogP) is 3.82. The van der Waals surface area contributed by atoms with Crippen LogP contribution in [-0.4, -0.2) is 39.4 Å². The second-order valence-corrected chi connectivity index (χ2v) is 7.07. The van der Waals surface area contributed by atoms with Crippen molar-refractivity contribution in [2.24, 2.45) is 16.8 Å². The molecule has 2 rings (SSSR count). The average molecular weight is 475 g/mol. The minimum atomic E-state index is 0. The molecule has 1 aliphatic carbocycles. The van der Waals surface area contributed by atoms with Crippen molar-refractivity contribution < 1.29 is 9.47 Å². The van der Waals surface area contributed by atoms with E-state index in [1.54, 1.807) is 7.05 Å². The summed E-state index contributed by atoms with van der Waals surface area (Å²) in [5.74, 6) is 3.12. The van der Waals surface area contributed by atoms with Crippen LogP contribution in [0.1, 0.15) is 38.7 Å². The number of aliphatic imine (C=N–C) groups is 1. The van der Waals surface area contributed by atoms with Gasteiger partial charge in [-0.1, -0.05) is 26.0 Å². The maximum Gasteiger partial charge on any atom is 0.191 e. The van der Waals surface area contributed by atoms with Crippen molar-refractivity contribution in [3.05, 3.63) is 29.8 Å². The molecule has 1 aromatic carbocycles. The third kappa shape index (κ3) is 10.2. The van der Waals surface area contributed by atoms with Gasteiger partial charge in [-0.05, 0) is 48.8 Å². The summed E-state index contributed by atoms with van der Waals surface area (Å²) >= 11 is 0. The van der Waals surface area contributed by atoms with Gasteiger partial charge in [0.2, 0.25) is 0 Å². The van der Waals surface area contributed by atoms with Gasteiger partial charge in [0.1, 0.15) is 5.75 Å². The molecular formula is C20H34IN3O2. The Labute approximate surface area is 175 Å². The largest absolute Gasteiger partial charge is 0.493 e. The molecule has 0 radical (unpaired) electrons. The van der Waals surface area contributed by atoms with E-state index in [0.29, 0.717) is 5.92 Å². The lowest BCUT2D eigenvalue weighted by Gasteiger charge is -2.13. The van der Waals surface area contributed by atoms with Crippen LogP contribution in [0, 0.1) is 11.8 Å². The standard InChI is InChI=1S/C20H33N3O2.HI/c1-16(2)14-25-19-9-7-17(8-10-19)13-23-20(21-3)22-11-4-12-24-15-18-5-6-18;/h7-10,16,18H,4-6,11-15H2,1-3H3,(H2,21,22,23);1H. The highest BCUT2D eigenvalue weighted by atomic mass is 127. The Morgan fingerprint density at radius 3 is 2.54 bits per heavy atom. The molecule has 148 valence electrons. The van der Waals surface area contributed by atoms with E-state index in [1.807, 2.05) is 12.1 Å². The summed E-state index contributed by atoms with van der Waals surface area (Å²) in [5.41, 5.74) is 1.20. The van der Waals surface area contributed by atoms with Crippen molar-refractivity contribution in [3.63, 3.8) is 0 Å². The summed E-state index contributed by atoms with van der Waals surface area (Å²) in [6.45, 7) is 8.40. The molecule has 1 aromatic rings. The highest BCUT2D eigenvalue weighted by molar-refractivity contribution is 14.0. The Balaban J connectivity index is 0.00000338. The molecule has 0 amide bonds. The van der Waals surface area contributed by atoms with Crippen LogP contribution in [0.15, 0.2) is 29.3 Å². The van der Waals surface area contributed by atoms with Crippen molar-refractivity contribution in [2.45, 2.75) is 39.7 Å². The van der Waals surface area contributed by atoms with Gasteiger partial charge in [0, 0.05) is 33.4 Å². The normalized spacial score (nSPS) is 14.1. The summed E-state index contributed by atoms with van der Waals surface area (Å²) < 4.78 is 11.3. The number of guanidine groups is 1. The van der Waals surface area contributed by atoms with Gasteiger partial charge in [-0.15, -0.1) is 24.0 Å². The monoisotopic (exact) mass is 475 g/mol. The van der Waals surface area contributed by atoms with Crippen LogP contribution in [0.4, 0.5) is 0 Å². The number of nitrogens with one attached hydrogen (secondary N) is 2. The Morgan fingerprint density at radius 1 is 1.19 bits per heavy atom. The molecule has 26 heavy (non-hydrogen) atoms. The maximum absolute atomic E-state index is 5.70. The van der Waals surface area contributed by atoms with Crippen molar-refractivity contribution in [1.82, 2.24) is 10.6 Å². The zero-order valence-electron chi connectivity index (χ0n) is 16.3. The Morgan fingerprint density at radius 2 is 1.92 bits per heavy atom. The molecule has 5 nitrogen and oxygen atoms in total. The molecule has 1 saturated carbocycles. The minimum Gasteiger partial charge on any atom is -0.493 e. The second-order valence-electron chi connectivity index (χ2n) is 7.07. The van der Waals surface area contributed by atoms with Gasteiger partial charge >= 0.3 is 0 Å². The van der Waals surface area contributed by atoms with E-state index in [-0.39, 0.29) is 24.0 Å². The molecule has 0 unspecified atom stereocenters. The zero-order valence-corrected chi connectivity index (χ0v) is 18.6. The van der Waals surface area contributed by atoms with Crippen LogP contribution in [-0.2, 0) is 11.3 Å². The Hall–Kier alpha value is -1.02. The molecule has 2 N–H and O–H groups in total. The molecule has 0 aromatic heterocycles. The number of hydrogen-bond donors (Lipinski definition) is 2. The van der Waals surface area contributed by atoms with Crippen LogP contribution >= 0.6 is 24.0 Å². The molecule has 1 aliphatic rings. The number of halogens is 1. The van der Waals surface area contributed by atoms with Crippen LogP contribution in [0.25, 0.3) is 0 Å². The third-order valence-corrected chi connectivity index (χ3v) is 4.00. The molecule has 0 aliphatic heterocycles. The van der Waals surface area contributed by atoms with Crippen molar-refractivity contribution in [2.75, 3.05) is 33.4 Å². The smallest absolute Gasteiger partial charge is 0.191 e. The summed E-state index contributed by atoms with van der Waals surface area (Å²) in [4.78, 5) is 4.25. The first-order valence-electron chi connectivity index (χ1n) is 9.41. The summed E-state index contributed by atoms with van der Waals surface area (Å²) in [5, 5.41) is 6.65. The van der Waals surface area contributed by atoms with Crippen LogP contribution < -0.4 is 15.4 Å². The Kier molecular flexibility index (Phi) is 11.7. The van der Waals surface area contributed by atoms with E-state index in [0.717, 1.165) is 57.0 Å². The van der Waals surface area contributed by atoms with Gasteiger partial charge in [0.15, 0.2) is 5.96 Å². The molecule has 0 atom stereocenters. The quantitative estimate of drug-likeness (QED) is 0.221. The molecular weight excluding hydrogens is 441 g/mol. The second kappa shape index (κ2) is 13.2. The highest BCUT2D eigenvalue weighted by Gasteiger charge is 2.20. The number of benzene rings is 1. The van der Waals surface area contributed by atoms with Gasteiger partial charge in [0.25, 0.3) is 0 Å². The van der Waals surface area contributed by atoms with E-state index in [4.69, 9.17) is 9.47 Å². The maximum atomic E-state index is 5.70. The lowest BCUT2D eigenvalue weighted by Crippen LogP contribution is -2.37. The lowest BCUT2D eigenvalue weighted by molar-refractivity contribution is 0.123. The van der Waals surface area contributed by atoms with E-state index >= 15 is 0 Å².